The number of amides is 2. The molecular formula is C42H86N10O2. The number of hydrogen-bond acceptors (Lipinski definition) is 10. The Kier molecular flexibility index (Phi) is 19.6. The maximum atomic E-state index is 11.9. The normalized spacial score (nSPS) is 25.6. The lowest BCUT2D eigenvalue weighted by molar-refractivity contribution is -0.129. The minimum absolute atomic E-state index is 0.203. The molecule has 1 spiro atoms. The fourth-order valence-corrected chi connectivity index (χ4v) is 9.20. The van der Waals surface area contributed by atoms with E-state index in [4.69, 9.17) is 5.73 Å². The first-order chi connectivity index (χ1) is 25.5. The molecule has 12 nitrogen and oxygen atoms in total. The van der Waals surface area contributed by atoms with Crippen LogP contribution in [0, 0.1) is 0 Å². The molecule has 6 heterocycles. The molecule has 316 valence electrons. The van der Waals surface area contributed by atoms with Gasteiger partial charge in [-0.1, -0.05) is 0 Å². The lowest BCUT2D eigenvalue weighted by Crippen LogP contribution is -2.60. The summed E-state index contributed by atoms with van der Waals surface area (Å²) in [5.41, 5.74) is 4.74. The molecular weight excluding hydrogens is 677 g/mol. The van der Waals surface area contributed by atoms with Gasteiger partial charge in [-0.25, -0.2) is 0 Å². The molecule has 6 aliphatic rings. The predicted octanol–water partition coefficient (Wildman–Crippen LogP) is 3.17. The summed E-state index contributed by atoms with van der Waals surface area (Å²) in [7, 11) is 6.07. The second-order valence-corrected chi connectivity index (χ2v) is 18.2. The van der Waals surface area contributed by atoms with Crippen LogP contribution >= 0.6 is 0 Å². The highest BCUT2D eigenvalue weighted by Crippen LogP contribution is 2.31. The summed E-state index contributed by atoms with van der Waals surface area (Å²) in [6, 6.07) is 3.53. The van der Waals surface area contributed by atoms with Gasteiger partial charge in [0.2, 0.25) is 11.8 Å². The van der Waals surface area contributed by atoms with Crippen molar-refractivity contribution in [1.29, 1.82) is 0 Å². The minimum Gasteiger partial charge on any atom is -0.368 e. The summed E-state index contributed by atoms with van der Waals surface area (Å²) in [5, 5.41) is 6.02. The van der Waals surface area contributed by atoms with Crippen LogP contribution in [0.1, 0.15) is 113 Å². The number of hydrogen-bond donors (Lipinski definition) is 3. The Morgan fingerprint density at radius 1 is 0.648 bits per heavy atom. The molecule has 0 aromatic carbocycles. The average molecular weight is 763 g/mol. The highest BCUT2D eigenvalue weighted by molar-refractivity contribution is 5.88. The summed E-state index contributed by atoms with van der Waals surface area (Å²) in [6.07, 6.45) is 10.6. The summed E-state index contributed by atoms with van der Waals surface area (Å²) in [4.78, 5) is 40.5. The van der Waals surface area contributed by atoms with Crippen molar-refractivity contribution in [2.75, 3.05) is 106 Å². The first-order valence-corrected chi connectivity index (χ1v) is 21.9. The molecule has 6 aliphatic heterocycles. The van der Waals surface area contributed by atoms with E-state index in [1.165, 1.54) is 84.5 Å². The van der Waals surface area contributed by atoms with Gasteiger partial charge in [-0.15, -0.1) is 0 Å². The lowest BCUT2D eigenvalue weighted by atomic mass is 9.86. The Hall–Kier alpha value is -1.38. The van der Waals surface area contributed by atoms with Crippen LogP contribution in [0.2, 0.25) is 0 Å². The number of nitrogens with one attached hydrogen (secondary N) is 2. The van der Waals surface area contributed by atoms with E-state index in [0.29, 0.717) is 18.8 Å². The number of likely N-dealkylation sites (N-methyl/N-ethyl adjacent to an activating group) is 3. The van der Waals surface area contributed by atoms with Crippen LogP contribution in [0.3, 0.4) is 0 Å². The third-order valence-electron chi connectivity index (χ3n) is 13.7. The van der Waals surface area contributed by atoms with Crippen molar-refractivity contribution in [2.45, 2.75) is 154 Å². The number of primary amides is 1. The Balaban J connectivity index is 0.000000195. The van der Waals surface area contributed by atoms with E-state index in [-0.39, 0.29) is 17.4 Å². The first-order valence-electron chi connectivity index (χ1n) is 21.9. The fraction of sp³-hybridized carbons (Fsp3) is 0.952. The van der Waals surface area contributed by atoms with Gasteiger partial charge in [-0.05, 0) is 174 Å². The number of carbonyl (C=O) groups is 2. The van der Waals surface area contributed by atoms with Gasteiger partial charge in [0, 0.05) is 69.5 Å². The summed E-state index contributed by atoms with van der Waals surface area (Å²) < 4.78 is 0. The zero-order valence-electron chi connectivity index (χ0n) is 37.0. The highest BCUT2D eigenvalue weighted by atomic mass is 16.2. The van der Waals surface area contributed by atoms with E-state index in [9.17, 15) is 9.59 Å². The maximum absolute atomic E-state index is 11.9. The van der Waals surface area contributed by atoms with Crippen LogP contribution in [-0.2, 0) is 9.59 Å². The highest BCUT2D eigenvalue weighted by Gasteiger charge is 2.48. The molecule has 4 N–H and O–H groups in total. The van der Waals surface area contributed by atoms with E-state index >= 15 is 0 Å². The van der Waals surface area contributed by atoms with Gasteiger partial charge in [0.05, 0.1) is 12.2 Å². The molecule has 6 saturated heterocycles. The van der Waals surface area contributed by atoms with Gasteiger partial charge in [0.15, 0.2) is 0 Å². The Morgan fingerprint density at radius 2 is 1.11 bits per heavy atom. The number of likely N-dealkylation sites (tertiary alicyclic amines) is 4. The number of nitrogens with two attached hydrogens (primary N) is 1. The van der Waals surface area contributed by atoms with E-state index in [0.717, 1.165) is 70.0 Å². The molecule has 12 heteroatoms. The minimum atomic E-state index is -0.467. The number of nitrogens with zero attached hydrogens (tertiary/aromatic N) is 7. The van der Waals surface area contributed by atoms with Gasteiger partial charge in [-0.3, -0.25) is 19.4 Å². The van der Waals surface area contributed by atoms with Crippen LogP contribution < -0.4 is 16.4 Å². The molecule has 0 bridgehead atoms. The molecule has 6 fully saturated rings. The van der Waals surface area contributed by atoms with Crippen LogP contribution in [0.4, 0.5) is 0 Å². The third-order valence-corrected chi connectivity index (χ3v) is 13.7. The summed E-state index contributed by atoms with van der Waals surface area (Å²) in [5.74, 6) is 0.0109. The number of carbonyl (C=O) groups excluding carboxylic acids is 2. The summed E-state index contributed by atoms with van der Waals surface area (Å²) >= 11 is 0. The van der Waals surface area contributed by atoms with Crippen molar-refractivity contribution in [2.24, 2.45) is 5.73 Å². The molecule has 6 rings (SSSR count). The van der Waals surface area contributed by atoms with Crippen LogP contribution in [0.25, 0.3) is 0 Å². The predicted molar refractivity (Wildman–Crippen MR) is 226 cm³/mol. The van der Waals surface area contributed by atoms with Crippen molar-refractivity contribution in [1.82, 2.24) is 44.9 Å². The van der Waals surface area contributed by atoms with Crippen molar-refractivity contribution >= 4 is 11.8 Å². The van der Waals surface area contributed by atoms with Gasteiger partial charge >= 0.3 is 0 Å². The fourth-order valence-electron chi connectivity index (χ4n) is 9.20. The maximum Gasteiger partial charge on any atom is 0.241 e. The zero-order valence-corrected chi connectivity index (χ0v) is 37.0. The molecule has 0 aromatic heterocycles. The molecule has 2 amide bonds. The summed E-state index contributed by atoms with van der Waals surface area (Å²) in [6.45, 7) is 33.1. The van der Waals surface area contributed by atoms with Crippen molar-refractivity contribution in [3.63, 3.8) is 0 Å². The second-order valence-electron chi connectivity index (χ2n) is 18.2. The standard InChI is InChI=1S/C12H24N2.C11H21N3O.C10H21N3O.C9H20N2/c1-11(2)13-9-5-12(6-10-13)14-7-3-4-8-14;1-9(2)14-6-4-11(5-7-14)10(15)12-8-13(11)3;1-8(2)13-6-4-10(12-3,5-7-13)9(11)14;1-9(2)11-6-4-5-10(3)7-8-11/h11-12H,3-10H2,1-2H3;9H,4-8H2,1-3H3,(H,12,15);8,12H,4-7H2,1-3H3,(H2,11,14);9H,4-8H2,1-3H3. The Morgan fingerprint density at radius 3 is 1.54 bits per heavy atom. The average Bonchev–Trinajstić information content (AvgIpc) is 3.72. The van der Waals surface area contributed by atoms with Crippen molar-refractivity contribution in [3.05, 3.63) is 0 Å². The van der Waals surface area contributed by atoms with Gasteiger partial charge in [0.1, 0.15) is 5.54 Å². The quantitative estimate of drug-likeness (QED) is 0.359. The van der Waals surface area contributed by atoms with Crippen LogP contribution in [0.5, 0.6) is 0 Å². The molecule has 0 atom stereocenters. The van der Waals surface area contributed by atoms with Crippen molar-refractivity contribution < 1.29 is 9.59 Å². The second kappa shape index (κ2) is 22.5. The molecule has 0 unspecified atom stereocenters. The largest absolute Gasteiger partial charge is 0.368 e. The van der Waals surface area contributed by atoms with E-state index < -0.39 is 5.54 Å². The van der Waals surface area contributed by atoms with Gasteiger partial charge in [0.25, 0.3) is 0 Å². The van der Waals surface area contributed by atoms with Crippen molar-refractivity contribution in [3.8, 4) is 0 Å². The third kappa shape index (κ3) is 13.4. The van der Waals surface area contributed by atoms with Gasteiger partial charge in [-0.2, -0.15) is 0 Å². The van der Waals surface area contributed by atoms with E-state index in [1.54, 1.807) is 0 Å². The van der Waals surface area contributed by atoms with E-state index in [1.807, 2.05) is 14.1 Å². The Labute approximate surface area is 332 Å². The topological polar surface area (TPSA) is 107 Å². The van der Waals surface area contributed by atoms with E-state index in [2.05, 4.69) is 107 Å². The first kappa shape index (κ1) is 47.0. The Bertz CT molecular complexity index is 1070. The monoisotopic (exact) mass is 763 g/mol. The SMILES string of the molecule is CC(C)N1CCC(N2CCCC2)CC1.CC(C)N1CCC2(CC1)C(=O)NCN2C.CC(C)N1CCCN(C)CC1.CNC1(C(N)=O)CCN(C(C)C)CC1. The number of piperidine rings is 3. The zero-order chi connectivity index (χ0) is 40.1. The van der Waals surface area contributed by atoms with Crippen LogP contribution in [-0.4, -0.2) is 194 Å². The van der Waals surface area contributed by atoms with Gasteiger partial charge < -0.3 is 40.9 Å². The van der Waals surface area contributed by atoms with Crippen LogP contribution in [0.15, 0.2) is 0 Å². The smallest absolute Gasteiger partial charge is 0.241 e. The number of rotatable bonds is 7. The molecule has 54 heavy (non-hydrogen) atoms. The molecule has 0 aliphatic carbocycles. The molecule has 0 radical (unpaired) electrons. The molecule has 0 aromatic rings. The lowest BCUT2D eigenvalue weighted by Gasteiger charge is -2.42. The molecule has 0 saturated carbocycles.